The van der Waals surface area contributed by atoms with Crippen LogP contribution >= 0.6 is 0 Å². The third-order valence-corrected chi connectivity index (χ3v) is 5.34. The Bertz CT molecular complexity index is 1300. The van der Waals surface area contributed by atoms with Gasteiger partial charge in [-0.3, -0.25) is 4.79 Å². The Labute approximate surface area is 191 Å². The van der Waals surface area contributed by atoms with Gasteiger partial charge in [-0.25, -0.2) is 5.43 Å². The number of benzene rings is 4. The minimum atomic E-state index is -0.748. The first-order valence-corrected chi connectivity index (χ1v) is 10.7. The zero-order valence-corrected chi connectivity index (χ0v) is 17.8. The van der Waals surface area contributed by atoms with Gasteiger partial charge >= 0.3 is 0 Å². The predicted octanol–water partition coefficient (Wildman–Crippen LogP) is 4.71. The van der Waals surface area contributed by atoms with Crippen molar-refractivity contribution in [2.75, 3.05) is 6.61 Å². The summed E-state index contributed by atoms with van der Waals surface area (Å²) in [7, 11) is 0. The van der Waals surface area contributed by atoms with Crippen LogP contribution in [0, 0.1) is 0 Å². The summed E-state index contributed by atoms with van der Waals surface area (Å²) in [5.41, 5.74) is 4.47. The Morgan fingerprint density at radius 2 is 1.70 bits per heavy atom. The highest BCUT2D eigenvalue weighted by Gasteiger charge is 2.26. The number of nitrogens with zero attached hydrogens (tertiary/aromatic N) is 1. The number of fused-ring (bicyclic) bond motifs is 2. The quantitative estimate of drug-likeness (QED) is 0.350. The molecule has 1 aliphatic rings. The van der Waals surface area contributed by atoms with Gasteiger partial charge in [-0.2, -0.15) is 5.10 Å². The van der Waals surface area contributed by atoms with E-state index in [1.54, 1.807) is 18.3 Å². The molecule has 0 bridgehead atoms. The summed E-state index contributed by atoms with van der Waals surface area (Å²) in [5, 5.41) is 6.42. The van der Waals surface area contributed by atoms with E-state index < -0.39 is 6.10 Å². The van der Waals surface area contributed by atoms with E-state index in [1.807, 2.05) is 54.6 Å². The van der Waals surface area contributed by atoms with E-state index in [0.717, 1.165) is 16.9 Å². The van der Waals surface area contributed by atoms with Crippen molar-refractivity contribution in [3.8, 4) is 17.2 Å². The first-order chi connectivity index (χ1) is 16.3. The highest BCUT2D eigenvalue weighted by molar-refractivity contribution is 5.86. The van der Waals surface area contributed by atoms with Crippen LogP contribution < -0.4 is 19.6 Å². The van der Waals surface area contributed by atoms with Gasteiger partial charge < -0.3 is 14.2 Å². The van der Waals surface area contributed by atoms with E-state index in [0.29, 0.717) is 18.1 Å². The molecule has 0 aromatic heterocycles. The molecule has 5 rings (SSSR count). The summed E-state index contributed by atoms with van der Waals surface area (Å²) >= 11 is 0. The van der Waals surface area contributed by atoms with Crippen molar-refractivity contribution in [1.29, 1.82) is 0 Å². The minimum absolute atomic E-state index is 0.140. The average molecular weight is 438 g/mol. The SMILES string of the molecule is O=C(N/N=C\c1ccc(OCc2cccc3ccccc23)cc1)[C@H]1COc2ccccc2O1. The number of carbonyl (C=O) groups excluding carboxylic acids is 1. The Morgan fingerprint density at radius 3 is 2.58 bits per heavy atom. The summed E-state index contributed by atoms with van der Waals surface area (Å²) in [6.45, 7) is 0.624. The second kappa shape index (κ2) is 9.44. The lowest BCUT2D eigenvalue weighted by atomic mass is 10.1. The van der Waals surface area contributed by atoms with Crippen LogP contribution in [0.15, 0.2) is 96.1 Å². The van der Waals surface area contributed by atoms with E-state index in [-0.39, 0.29) is 12.5 Å². The van der Waals surface area contributed by atoms with Crippen molar-refractivity contribution in [3.05, 3.63) is 102 Å². The van der Waals surface area contributed by atoms with Gasteiger partial charge in [0, 0.05) is 0 Å². The van der Waals surface area contributed by atoms with E-state index in [2.05, 4.69) is 34.8 Å². The third-order valence-electron chi connectivity index (χ3n) is 5.34. The number of ether oxygens (including phenoxy) is 3. The van der Waals surface area contributed by atoms with Crippen LogP contribution in [0.2, 0.25) is 0 Å². The number of hydrogen-bond acceptors (Lipinski definition) is 5. The largest absolute Gasteiger partial charge is 0.489 e. The van der Waals surface area contributed by atoms with E-state index in [9.17, 15) is 4.79 Å². The average Bonchev–Trinajstić information content (AvgIpc) is 2.88. The molecule has 0 fully saturated rings. The fourth-order valence-electron chi connectivity index (χ4n) is 3.62. The standard InChI is InChI=1S/C27H22N2O4/c30-27(26-18-32-24-10-3-4-11-25(24)33-26)29-28-16-19-12-14-22(15-13-19)31-17-21-8-5-7-20-6-1-2-9-23(20)21/h1-16,26H,17-18H2,(H,29,30)/b28-16-/t26-/m1/s1. The molecule has 1 N–H and O–H groups in total. The number of amides is 1. The van der Waals surface area contributed by atoms with Gasteiger partial charge in [-0.05, 0) is 58.3 Å². The van der Waals surface area contributed by atoms with E-state index in [1.165, 1.54) is 10.8 Å². The monoisotopic (exact) mass is 438 g/mol. The first kappa shape index (κ1) is 20.6. The van der Waals surface area contributed by atoms with E-state index in [4.69, 9.17) is 14.2 Å². The molecule has 1 amide bonds. The molecule has 6 heteroatoms. The normalized spacial score (nSPS) is 14.8. The Balaban J connectivity index is 1.14. The molecule has 1 heterocycles. The molecular weight excluding hydrogens is 416 g/mol. The molecule has 1 aliphatic heterocycles. The Kier molecular flexibility index (Phi) is 5.89. The number of nitrogens with one attached hydrogen (secondary N) is 1. The van der Waals surface area contributed by atoms with Gasteiger partial charge in [0.15, 0.2) is 11.5 Å². The van der Waals surface area contributed by atoms with Crippen LogP contribution in [0.25, 0.3) is 10.8 Å². The third kappa shape index (κ3) is 4.80. The maximum atomic E-state index is 12.3. The number of carbonyl (C=O) groups is 1. The van der Waals surface area contributed by atoms with Crippen molar-refractivity contribution in [3.63, 3.8) is 0 Å². The lowest BCUT2D eigenvalue weighted by molar-refractivity contribution is -0.130. The van der Waals surface area contributed by atoms with Crippen molar-refractivity contribution >= 4 is 22.9 Å². The summed E-state index contributed by atoms with van der Waals surface area (Å²) < 4.78 is 17.2. The van der Waals surface area contributed by atoms with Gasteiger partial charge in [0.1, 0.15) is 19.0 Å². The summed E-state index contributed by atoms with van der Waals surface area (Å²) in [6.07, 6.45) is 0.825. The maximum absolute atomic E-state index is 12.3. The lowest BCUT2D eigenvalue weighted by Crippen LogP contribution is -2.42. The molecule has 0 unspecified atom stereocenters. The molecule has 0 radical (unpaired) electrons. The first-order valence-electron chi connectivity index (χ1n) is 10.7. The second-order valence-corrected chi connectivity index (χ2v) is 7.59. The van der Waals surface area contributed by atoms with Crippen molar-refractivity contribution in [1.82, 2.24) is 5.43 Å². The van der Waals surface area contributed by atoms with Crippen LogP contribution in [0.5, 0.6) is 17.2 Å². The van der Waals surface area contributed by atoms with Crippen LogP contribution in [0.1, 0.15) is 11.1 Å². The molecule has 0 aliphatic carbocycles. The number of rotatable bonds is 6. The molecule has 33 heavy (non-hydrogen) atoms. The summed E-state index contributed by atoms with van der Waals surface area (Å²) in [4.78, 5) is 12.3. The van der Waals surface area contributed by atoms with Crippen LogP contribution in [-0.4, -0.2) is 24.8 Å². The van der Waals surface area contributed by atoms with Crippen molar-refractivity contribution < 1.29 is 19.0 Å². The molecular formula is C27H22N2O4. The van der Waals surface area contributed by atoms with Gasteiger partial charge in [-0.1, -0.05) is 54.6 Å². The fraction of sp³-hybridized carbons (Fsp3) is 0.111. The topological polar surface area (TPSA) is 69.2 Å². The van der Waals surface area contributed by atoms with Crippen molar-refractivity contribution in [2.45, 2.75) is 12.7 Å². The molecule has 0 spiro atoms. The number of para-hydroxylation sites is 2. The van der Waals surface area contributed by atoms with Gasteiger partial charge in [0.25, 0.3) is 5.91 Å². The molecule has 0 saturated heterocycles. The molecule has 4 aromatic carbocycles. The zero-order valence-electron chi connectivity index (χ0n) is 17.8. The highest BCUT2D eigenvalue weighted by atomic mass is 16.6. The fourth-order valence-corrected chi connectivity index (χ4v) is 3.62. The maximum Gasteiger partial charge on any atom is 0.284 e. The van der Waals surface area contributed by atoms with E-state index >= 15 is 0 Å². The van der Waals surface area contributed by atoms with Gasteiger partial charge in [-0.15, -0.1) is 0 Å². The second-order valence-electron chi connectivity index (χ2n) is 7.59. The predicted molar refractivity (Wildman–Crippen MR) is 127 cm³/mol. The summed E-state index contributed by atoms with van der Waals surface area (Å²) in [6, 6.07) is 29.2. The van der Waals surface area contributed by atoms with Crippen LogP contribution in [-0.2, 0) is 11.4 Å². The highest BCUT2D eigenvalue weighted by Crippen LogP contribution is 2.30. The minimum Gasteiger partial charge on any atom is -0.489 e. The molecule has 0 saturated carbocycles. The lowest BCUT2D eigenvalue weighted by Gasteiger charge is -2.24. The zero-order chi connectivity index (χ0) is 22.5. The Morgan fingerprint density at radius 1 is 0.939 bits per heavy atom. The molecule has 1 atom stereocenters. The smallest absolute Gasteiger partial charge is 0.284 e. The summed E-state index contributed by atoms with van der Waals surface area (Å²) in [5.74, 6) is 1.58. The van der Waals surface area contributed by atoms with Crippen molar-refractivity contribution in [2.24, 2.45) is 5.10 Å². The van der Waals surface area contributed by atoms with Gasteiger partial charge in [0.2, 0.25) is 6.10 Å². The van der Waals surface area contributed by atoms with Crippen LogP contribution in [0.4, 0.5) is 0 Å². The van der Waals surface area contributed by atoms with Gasteiger partial charge in [0.05, 0.1) is 6.21 Å². The van der Waals surface area contributed by atoms with Crippen LogP contribution in [0.3, 0.4) is 0 Å². The molecule has 164 valence electrons. The molecule has 4 aromatic rings. The Hall–Kier alpha value is -4.32. The number of hydrogen-bond donors (Lipinski definition) is 1. The molecule has 6 nitrogen and oxygen atoms in total. The number of hydrazone groups is 1.